The molecule has 214 valence electrons. The maximum Gasteiger partial charge on any atom is 0.264 e. The fourth-order valence-corrected chi connectivity index (χ4v) is 5.95. The standard InChI is InChI=1S/C29H32Cl3N3O4S/c1-19-11-14-23(16-25(19)31)35(40(38,39)24-9-7-6-8-10-24)18-27(36)34(20(2)28(37)33-29(3,4)5)17-21-12-13-22(30)15-26(21)32/h6-16,20H,17-18H2,1-5H3,(H,33,37)/t20-/m1/s1. The van der Waals surface area contributed by atoms with Crippen LogP contribution in [0.2, 0.25) is 15.1 Å². The fraction of sp³-hybridized carbons (Fsp3) is 0.310. The van der Waals surface area contributed by atoms with Crippen LogP contribution in [0, 0.1) is 6.92 Å². The van der Waals surface area contributed by atoms with E-state index >= 15 is 0 Å². The van der Waals surface area contributed by atoms with Gasteiger partial charge >= 0.3 is 0 Å². The molecule has 0 aliphatic heterocycles. The van der Waals surface area contributed by atoms with E-state index in [0.717, 1.165) is 9.87 Å². The lowest BCUT2D eigenvalue weighted by atomic mass is 10.1. The van der Waals surface area contributed by atoms with Gasteiger partial charge in [-0.25, -0.2) is 8.42 Å². The Morgan fingerprint density at radius 3 is 2.15 bits per heavy atom. The molecule has 3 rings (SSSR count). The van der Waals surface area contributed by atoms with Crippen molar-refractivity contribution in [3.63, 3.8) is 0 Å². The van der Waals surface area contributed by atoms with E-state index in [9.17, 15) is 18.0 Å². The number of rotatable bonds is 9. The molecule has 40 heavy (non-hydrogen) atoms. The van der Waals surface area contributed by atoms with Crippen molar-refractivity contribution >= 4 is 62.3 Å². The van der Waals surface area contributed by atoms with Gasteiger partial charge < -0.3 is 10.2 Å². The predicted octanol–water partition coefficient (Wildman–Crippen LogP) is 6.48. The predicted molar refractivity (Wildman–Crippen MR) is 162 cm³/mol. The monoisotopic (exact) mass is 623 g/mol. The van der Waals surface area contributed by atoms with Gasteiger partial charge in [0.2, 0.25) is 11.8 Å². The van der Waals surface area contributed by atoms with Crippen molar-refractivity contribution in [2.45, 2.75) is 57.6 Å². The van der Waals surface area contributed by atoms with Crippen molar-refractivity contribution < 1.29 is 18.0 Å². The number of nitrogens with zero attached hydrogens (tertiary/aromatic N) is 2. The molecule has 0 bridgehead atoms. The number of carbonyl (C=O) groups excluding carboxylic acids is 2. The minimum atomic E-state index is -4.19. The van der Waals surface area contributed by atoms with Crippen LogP contribution in [0.25, 0.3) is 0 Å². The van der Waals surface area contributed by atoms with Gasteiger partial charge in [-0.15, -0.1) is 0 Å². The molecule has 0 spiro atoms. The summed E-state index contributed by atoms with van der Waals surface area (Å²) in [5.41, 5.74) is 0.953. The minimum absolute atomic E-state index is 0.00492. The number of nitrogens with one attached hydrogen (secondary N) is 1. The summed E-state index contributed by atoms with van der Waals surface area (Å²) in [6, 6.07) is 16.5. The van der Waals surface area contributed by atoms with E-state index in [1.807, 2.05) is 20.8 Å². The number of hydrogen-bond donors (Lipinski definition) is 1. The van der Waals surface area contributed by atoms with Crippen LogP contribution >= 0.6 is 34.8 Å². The summed E-state index contributed by atoms with van der Waals surface area (Å²) >= 11 is 18.8. The van der Waals surface area contributed by atoms with Crippen LogP contribution in [0.15, 0.2) is 71.6 Å². The lowest BCUT2D eigenvalue weighted by Gasteiger charge is -2.33. The van der Waals surface area contributed by atoms with Gasteiger partial charge in [0.25, 0.3) is 10.0 Å². The first-order valence-electron chi connectivity index (χ1n) is 12.5. The molecule has 11 heteroatoms. The molecule has 0 saturated carbocycles. The molecular formula is C29H32Cl3N3O4S. The minimum Gasteiger partial charge on any atom is -0.350 e. The lowest BCUT2D eigenvalue weighted by Crippen LogP contribution is -2.54. The van der Waals surface area contributed by atoms with Crippen LogP contribution in [0.1, 0.15) is 38.8 Å². The molecule has 7 nitrogen and oxygen atoms in total. The summed E-state index contributed by atoms with van der Waals surface area (Å²) in [5, 5.41) is 3.96. The summed E-state index contributed by atoms with van der Waals surface area (Å²) in [6.07, 6.45) is 0. The van der Waals surface area contributed by atoms with E-state index in [2.05, 4.69) is 5.32 Å². The van der Waals surface area contributed by atoms with Crippen molar-refractivity contribution in [2.24, 2.45) is 0 Å². The summed E-state index contributed by atoms with van der Waals surface area (Å²) in [6.45, 7) is 8.22. The third kappa shape index (κ3) is 7.91. The second-order valence-corrected chi connectivity index (χ2v) is 13.5. The number of sulfonamides is 1. The number of aryl methyl sites for hydroxylation is 1. The molecule has 0 aromatic heterocycles. The summed E-state index contributed by atoms with van der Waals surface area (Å²) in [5.74, 6) is -1.01. The second-order valence-electron chi connectivity index (χ2n) is 10.4. The zero-order valence-electron chi connectivity index (χ0n) is 22.9. The molecule has 0 heterocycles. The molecule has 0 aliphatic rings. The molecule has 2 amide bonds. The third-order valence-corrected chi connectivity index (χ3v) is 8.86. The van der Waals surface area contributed by atoms with Crippen LogP contribution in [0.4, 0.5) is 5.69 Å². The Balaban J connectivity index is 2.07. The molecular weight excluding hydrogens is 593 g/mol. The van der Waals surface area contributed by atoms with Crippen molar-refractivity contribution in [1.29, 1.82) is 0 Å². The Morgan fingerprint density at radius 1 is 0.925 bits per heavy atom. The molecule has 0 unspecified atom stereocenters. The molecule has 1 N–H and O–H groups in total. The van der Waals surface area contributed by atoms with Gasteiger partial charge in [0.15, 0.2) is 0 Å². The van der Waals surface area contributed by atoms with Crippen molar-refractivity contribution in [3.05, 3.63) is 92.9 Å². The second kappa shape index (κ2) is 12.8. The van der Waals surface area contributed by atoms with E-state index < -0.39 is 40.0 Å². The van der Waals surface area contributed by atoms with Gasteiger partial charge in [-0.3, -0.25) is 13.9 Å². The molecule has 0 radical (unpaired) electrons. The first-order valence-corrected chi connectivity index (χ1v) is 15.1. The molecule has 3 aromatic carbocycles. The smallest absolute Gasteiger partial charge is 0.264 e. The number of halogens is 3. The molecule has 0 fully saturated rings. The Morgan fingerprint density at radius 2 is 1.57 bits per heavy atom. The normalized spacial score (nSPS) is 12.5. The Bertz CT molecular complexity index is 1490. The van der Waals surface area contributed by atoms with E-state index in [1.54, 1.807) is 62.4 Å². The topological polar surface area (TPSA) is 86.8 Å². The SMILES string of the molecule is Cc1ccc(N(CC(=O)N(Cc2ccc(Cl)cc2Cl)[C@H](C)C(=O)NC(C)(C)C)S(=O)(=O)c2ccccc2)cc1Cl. The number of benzene rings is 3. The molecule has 3 aromatic rings. The van der Waals surface area contributed by atoms with Crippen molar-refractivity contribution in [2.75, 3.05) is 10.8 Å². The van der Waals surface area contributed by atoms with Gasteiger partial charge in [0, 0.05) is 27.2 Å². The zero-order chi connectivity index (χ0) is 29.8. The molecule has 1 atom stereocenters. The maximum absolute atomic E-state index is 14.0. The largest absolute Gasteiger partial charge is 0.350 e. The van der Waals surface area contributed by atoms with Crippen LogP contribution in [-0.4, -0.2) is 43.3 Å². The van der Waals surface area contributed by atoms with E-state index in [-0.39, 0.29) is 17.1 Å². The Labute approximate surface area is 251 Å². The Kier molecular flexibility index (Phi) is 10.2. The number of hydrogen-bond acceptors (Lipinski definition) is 4. The van der Waals surface area contributed by atoms with Gasteiger partial charge in [-0.05, 0) is 82.1 Å². The van der Waals surface area contributed by atoms with Gasteiger partial charge in [0.05, 0.1) is 10.6 Å². The van der Waals surface area contributed by atoms with Crippen molar-refractivity contribution in [1.82, 2.24) is 10.2 Å². The number of amides is 2. The van der Waals surface area contributed by atoms with Gasteiger partial charge in [-0.2, -0.15) is 0 Å². The highest BCUT2D eigenvalue weighted by molar-refractivity contribution is 7.92. The summed E-state index contributed by atoms with van der Waals surface area (Å²) in [4.78, 5) is 28.5. The molecule has 0 saturated heterocycles. The highest BCUT2D eigenvalue weighted by Gasteiger charge is 2.33. The van der Waals surface area contributed by atoms with E-state index in [4.69, 9.17) is 34.8 Å². The lowest BCUT2D eigenvalue weighted by molar-refractivity contribution is -0.140. The average molecular weight is 625 g/mol. The number of anilines is 1. The summed E-state index contributed by atoms with van der Waals surface area (Å²) < 4.78 is 28.7. The van der Waals surface area contributed by atoms with Crippen LogP contribution in [-0.2, 0) is 26.2 Å². The highest BCUT2D eigenvalue weighted by atomic mass is 35.5. The van der Waals surface area contributed by atoms with E-state index in [1.165, 1.54) is 23.1 Å². The fourth-order valence-electron chi connectivity index (χ4n) is 3.88. The van der Waals surface area contributed by atoms with Gasteiger partial charge in [0.1, 0.15) is 12.6 Å². The van der Waals surface area contributed by atoms with Crippen LogP contribution in [0.5, 0.6) is 0 Å². The quantitative estimate of drug-likeness (QED) is 0.295. The first kappa shape index (κ1) is 31.7. The maximum atomic E-state index is 14.0. The van der Waals surface area contributed by atoms with Crippen LogP contribution < -0.4 is 9.62 Å². The zero-order valence-corrected chi connectivity index (χ0v) is 26.0. The third-order valence-electron chi connectivity index (χ3n) is 6.07. The molecule has 0 aliphatic carbocycles. The van der Waals surface area contributed by atoms with Gasteiger partial charge in [-0.1, -0.05) is 65.1 Å². The van der Waals surface area contributed by atoms with Crippen LogP contribution in [0.3, 0.4) is 0 Å². The average Bonchev–Trinajstić information content (AvgIpc) is 2.87. The summed E-state index contributed by atoms with van der Waals surface area (Å²) in [7, 11) is -4.19. The first-order chi connectivity index (χ1) is 18.6. The van der Waals surface area contributed by atoms with Crippen molar-refractivity contribution in [3.8, 4) is 0 Å². The Hall–Kier alpha value is -2.78. The van der Waals surface area contributed by atoms with E-state index in [0.29, 0.717) is 20.6 Å². The number of carbonyl (C=O) groups is 2. The highest BCUT2D eigenvalue weighted by Crippen LogP contribution is 2.29.